The van der Waals surface area contributed by atoms with Gasteiger partial charge in [-0.05, 0) is 55.7 Å². The van der Waals surface area contributed by atoms with Crippen LogP contribution in [0, 0.1) is 17.7 Å². The third-order valence-electron chi connectivity index (χ3n) is 5.21. The number of anilines is 1. The highest BCUT2D eigenvalue weighted by Crippen LogP contribution is 2.39. The SMILES string of the molecule is CC(=O)Nc1cc(C(=O)NC2C3CCCC2CC(N)C3)ccc1F.Cl. The molecule has 138 valence electrons. The Bertz CT molecular complexity index is 641. The fourth-order valence-corrected chi connectivity index (χ4v) is 4.21. The second-order valence-corrected chi connectivity index (χ2v) is 7.06. The molecule has 5 nitrogen and oxygen atoms in total. The predicted molar refractivity (Wildman–Crippen MR) is 97.2 cm³/mol. The summed E-state index contributed by atoms with van der Waals surface area (Å²) in [5, 5.41) is 5.54. The van der Waals surface area contributed by atoms with Crippen molar-refractivity contribution in [3.8, 4) is 0 Å². The quantitative estimate of drug-likeness (QED) is 0.766. The van der Waals surface area contributed by atoms with E-state index in [-0.39, 0.29) is 42.0 Å². The summed E-state index contributed by atoms with van der Waals surface area (Å²) >= 11 is 0. The Morgan fingerprint density at radius 2 is 1.84 bits per heavy atom. The molecule has 2 amide bonds. The van der Waals surface area contributed by atoms with Crippen LogP contribution in [0.2, 0.25) is 0 Å². The maximum Gasteiger partial charge on any atom is 0.251 e. The number of hydrogen-bond acceptors (Lipinski definition) is 3. The topological polar surface area (TPSA) is 84.2 Å². The molecule has 1 aromatic rings. The number of halogens is 2. The van der Waals surface area contributed by atoms with E-state index in [1.165, 1.54) is 31.5 Å². The van der Waals surface area contributed by atoms with Gasteiger partial charge in [0.05, 0.1) is 5.69 Å². The second kappa shape index (κ2) is 8.15. The van der Waals surface area contributed by atoms with E-state index in [1.807, 2.05) is 0 Å². The minimum absolute atomic E-state index is 0. The Labute approximate surface area is 153 Å². The van der Waals surface area contributed by atoms with E-state index in [2.05, 4.69) is 10.6 Å². The average molecular weight is 370 g/mol. The van der Waals surface area contributed by atoms with Crippen LogP contribution in [0.25, 0.3) is 0 Å². The molecule has 2 aliphatic carbocycles. The molecule has 2 saturated carbocycles. The van der Waals surface area contributed by atoms with Crippen LogP contribution in [-0.2, 0) is 4.79 Å². The van der Waals surface area contributed by atoms with Crippen LogP contribution in [0.3, 0.4) is 0 Å². The van der Waals surface area contributed by atoms with Crippen LogP contribution < -0.4 is 16.4 Å². The summed E-state index contributed by atoms with van der Waals surface area (Å²) in [7, 11) is 0. The Balaban J connectivity index is 0.00000225. The Kier molecular flexibility index (Phi) is 6.41. The summed E-state index contributed by atoms with van der Waals surface area (Å²) in [5.74, 6) is -0.304. The van der Waals surface area contributed by atoms with E-state index in [4.69, 9.17) is 5.73 Å². The van der Waals surface area contributed by atoms with Gasteiger partial charge < -0.3 is 16.4 Å². The lowest BCUT2D eigenvalue weighted by molar-refractivity contribution is -0.114. The number of amides is 2. The van der Waals surface area contributed by atoms with E-state index in [1.54, 1.807) is 0 Å². The molecule has 3 rings (SSSR count). The number of carbonyl (C=O) groups is 2. The van der Waals surface area contributed by atoms with Gasteiger partial charge in [0, 0.05) is 24.6 Å². The van der Waals surface area contributed by atoms with E-state index in [0.717, 1.165) is 25.7 Å². The van der Waals surface area contributed by atoms with Crippen LogP contribution in [0.15, 0.2) is 18.2 Å². The van der Waals surface area contributed by atoms with Crippen LogP contribution in [0.5, 0.6) is 0 Å². The molecule has 25 heavy (non-hydrogen) atoms. The third kappa shape index (κ3) is 4.50. The van der Waals surface area contributed by atoms with Gasteiger partial charge in [0.25, 0.3) is 5.91 Å². The molecule has 4 N–H and O–H groups in total. The largest absolute Gasteiger partial charge is 0.349 e. The Morgan fingerprint density at radius 3 is 2.44 bits per heavy atom. The number of rotatable bonds is 3. The summed E-state index contributed by atoms with van der Waals surface area (Å²) in [4.78, 5) is 23.7. The molecular formula is C18H25ClFN3O2. The van der Waals surface area contributed by atoms with Gasteiger partial charge in [-0.15, -0.1) is 12.4 Å². The van der Waals surface area contributed by atoms with Crippen molar-refractivity contribution >= 4 is 29.9 Å². The first-order valence-electron chi connectivity index (χ1n) is 8.57. The highest BCUT2D eigenvalue weighted by atomic mass is 35.5. The summed E-state index contributed by atoms with van der Waals surface area (Å²) in [6, 6.07) is 4.40. The highest BCUT2D eigenvalue weighted by Gasteiger charge is 2.39. The third-order valence-corrected chi connectivity index (χ3v) is 5.21. The lowest BCUT2D eigenvalue weighted by atomic mass is 9.67. The van der Waals surface area contributed by atoms with E-state index < -0.39 is 5.82 Å². The zero-order valence-corrected chi connectivity index (χ0v) is 15.1. The van der Waals surface area contributed by atoms with Crippen molar-refractivity contribution < 1.29 is 14.0 Å². The second-order valence-electron chi connectivity index (χ2n) is 7.06. The van der Waals surface area contributed by atoms with Crippen molar-refractivity contribution in [1.29, 1.82) is 0 Å². The van der Waals surface area contributed by atoms with Crippen LogP contribution >= 0.6 is 12.4 Å². The molecule has 2 fully saturated rings. The van der Waals surface area contributed by atoms with Crippen LogP contribution in [0.1, 0.15) is 49.4 Å². The Morgan fingerprint density at radius 1 is 1.20 bits per heavy atom. The van der Waals surface area contributed by atoms with E-state index >= 15 is 0 Å². The standard InChI is InChI=1S/C18H24FN3O2.ClH/c1-10(23)21-16-9-13(5-6-15(16)19)18(24)22-17-11-3-2-4-12(17)8-14(20)7-11;/h5-6,9,11-12,14,17H,2-4,7-8,20H2,1H3,(H,21,23)(H,22,24);1H. The fraction of sp³-hybridized carbons (Fsp3) is 0.556. The van der Waals surface area contributed by atoms with Gasteiger partial charge in [0.1, 0.15) is 5.82 Å². The van der Waals surface area contributed by atoms with Gasteiger partial charge in [-0.3, -0.25) is 9.59 Å². The molecule has 2 unspecified atom stereocenters. The van der Waals surface area contributed by atoms with Gasteiger partial charge in [0.2, 0.25) is 5.91 Å². The van der Waals surface area contributed by atoms with E-state index in [9.17, 15) is 14.0 Å². The summed E-state index contributed by atoms with van der Waals surface area (Å²) in [6.45, 7) is 1.30. The summed E-state index contributed by atoms with van der Waals surface area (Å²) in [6.07, 6.45) is 5.27. The number of benzene rings is 1. The molecule has 2 bridgehead atoms. The van der Waals surface area contributed by atoms with Crippen LogP contribution in [0.4, 0.5) is 10.1 Å². The zero-order valence-electron chi connectivity index (χ0n) is 14.3. The molecular weight excluding hydrogens is 345 g/mol. The zero-order chi connectivity index (χ0) is 17.3. The highest BCUT2D eigenvalue weighted by molar-refractivity contribution is 5.97. The lowest BCUT2D eigenvalue weighted by Gasteiger charge is -2.45. The van der Waals surface area contributed by atoms with Crippen molar-refractivity contribution in [2.45, 2.75) is 51.1 Å². The molecule has 0 radical (unpaired) electrons. The van der Waals surface area contributed by atoms with Crippen molar-refractivity contribution in [2.75, 3.05) is 5.32 Å². The van der Waals surface area contributed by atoms with Crippen molar-refractivity contribution in [1.82, 2.24) is 5.32 Å². The smallest absolute Gasteiger partial charge is 0.251 e. The molecule has 1 aromatic carbocycles. The number of hydrogen-bond donors (Lipinski definition) is 3. The molecule has 0 aromatic heterocycles. The summed E-state index contributed by atoms with van der Waals surface area (Å²) < 4.78 is 13.7. The van der Waals surface area contributed by atoms with Crippen LogP contribution in [-0.4, -0.2) is 23.9 Å². The van der Waals surface area contributed by atoms with Gasteiger partial charge in [-0.1, -0.05) is 6.42 Å². The van der Waals surface area contributed by atoms with Gasteiger partial charge >= 0.3 is 0 Å². The maximum atomic E-state index is 13.7. The Hall–Kier alpha value is -1.66. The average Bonchev–Trinajstić information content (AvgIpc) is 2.50. The van der Waals surface area contributed by atoms with Crippen molar-refractivity contribution in [3.05, 3.63) is 29.6 Å². The number of carbonyl (C=O) groups excluding carboxylic acids is 2. The first-order valence-corrected chi connectivity index (χ1v) is 8.57. The molecule has 7 heteroatoms. The lowest BCUT2D eigenvalue weighted by Crippen LogP contribution is -2.53. The van der Waals surface area contributed by atoms with Gasteiger partial charge in [0.15, 0.2) is 0 Å². The molecule has 0 aliphatic heterocycles. The van der Waals surface area contributed by atoms with E-state index in [0.29, 0.717) is 17.4 Å². The maximum absolute atomic E-state index is 13.7. The molecule has 0 spiro atoms. The molecule has 0 saturated heterocycles. The first kappa shape index (κ1) is 19.7. The van der Waals surface area contributed by atoms with Gasteiger partial charge in [-0.25, -0.2) is 4.39 Å². The summed E-state index contributed by atoms with van der Waals surface area (Å²) in [5.41, 5.74) is 6.50. The van der Waals surface area contributed by atoms with Crippen molar-refractivity contribution in [3.63, 3.8) is 0 Å². The number of fused-ring (bicyclic) bond motifs is 2. The monoisotopic (exact) mass is 369 g/mol. The molecule has 2 aliphatic rings. The van der Waals surface area contributed by atoms with Gasteiger partial charge in [-0.2, -0.15) is 0 Å². The predicted octanol–water partition coefficient (Wildman–Crippen LogP) is 2.84. The minimum atomic E-state index is -0.553. The molecule has 2 atom stereocenters. The molecule has 0 heterocycles. The fourth-order valence-electron chi connectivity index (χ4n) is 4.21. The van der Waals surface area contributed by atoms with Crippen molar-refractivity contribution in [2.24, 2.45) is 17.6 Å². The minimum Gasteiger partial charge on any atom is -0.349 e. The normalized spacial score (nSPS) is 27.8. The number of nitrogens with two attached hydrogens (primary N) is 1. The first-order chi connectivity index (χ1) is 11.4. The number of nitrogens with one attached hydrogen (secondary N) is 2.